The quantitative estimate of drug-likeness (QED) is 0.485. The second-order valence-electron chi connectivity index (χ2n) is 6.63. The summed E-state index contributed by atoms with van der Waals surface area (Å²) >= 11 is 0. The first-order valence-corrected chi connectivity index (χ1v) is 9.46. The number of pyridine rings is 1. The lowest BCUT2D eigenvalue weighted by atomic mass is 10.2. The summed E-state index contributed by atoms with van der Waals surface area (Å²) in [6.07, 6.45) is 4.30. The Kier molecular flexibility index (Phi) is 6.29. The molecule has 7 heteroatoms. The Balaban J connectivity index is 1.76. The molecule has 0 saturated heterocycles. The molecule has 2 aromatic heterocycles. The molecule has 2 heterocycles. The van der Waals surface area contributed by atoms with Crippen LogP contribution in [-0.4, -0.2) is 28.1 Å². The summed E-state index contributed by atoms with van der Waals surface area (Å²) in [5.41, 5.74) is 3.58. The predicted octanol–water partition coefficient (Wildman–Crippen LogP) is 4.24. The van der Waals surface area contributed by atoms with Gasteiger partial charge in [-0.2, -0.15) is 0 Å². The molecule has 29 heavy (non-hydrogen) atoms. The van der Waals surface area contributed by atoms with Crippen LogP contribution >= 0.6 is 0 Å². The zero-order valence-corrected chi connectivity index (χ0v) is 16.7. The van der Waals surface area contributed by atoms with Gasteiger partial charge in [-0.05, 0) is 50.6 Å². The zero-order chi connectivity index (χ0) is 20.8. The average molecular weight is 392 g/mol. The van der Waals surface area contributed by atoms with Gasteiger partial charge in [0.2, 0.25) is 0 Å². The third kappa shape index (κ3) is 4.82. The summed E-state index contributed by atoms with van der Waals surface area (Å²) in [6, 6.07) is 12.0. The van der Waals surface area contributed by atoms with Gasteiger partial charge in [-0.3, -0.25) is 4.98 Å². The van der Waals surface area contributed by atoms with Crippen molar-refractivity contribution in [3.05, 3.63) is 71.8 Å². The summed E-state index contributed by atoms with van der Waals surface area (Å²) < 4.78 is 7.51. The summed E-state index contributed by atoms with van der Waals surface area (Å²) in [6.45, 7) is 6.36. The number of esters is 1. The van der Waals surface area contributed by atoms with Crippen molar-refractivity contribution >= 4 is 17.7 Å². The molecule has 2 amide bonds. The van der Waals surface area contributed by atoms with Crippen molar-refractivity contribution in [2.45, 2.75) is 27.2 Å². The number of carbonyl (C=O) groups excluding carboxylic acids is 2. The summed E-state index contributed by atoms with van der Waals surface area (Å²) in [5, 5.41) is 5.46. The molecule has 0 radical (unpaired) electrons. The van der Waals surface area contributed by atoms with Crippen LogP contribution in [-0.2, 0) is 0 Å². The number of ether oxygens (including phenoxy) is 1. The Bertz CT molecular complexity index is 1010. The van der Waals surface area contributed by atoms with Crippen LogP contribution in [0.15, 0.2) is 54.9 Å². The second kappa shape index (κ2) is 9.05. The number of carbonyl (C=O) groups is 2. The number of nitrogens with zero attached hydrogens (tertiary/aromatic N) is 2. The van der Waals surface area contributed by atoms with Gasteiger partial charge in [0.05, 0.1) is 17.4 Å². The van der Waals surface area contributed by atoms with Gasteiger partial charge in [-0.15, -0.1) is 0 Å². The van der Waals surface area contributed by atoms with Gasteiger partial charge in [0.15, 0.2) is 0 Å². The number of rotatable bonds is 6. The second-order valence-corrected chi connectivity index (χ2v) is 6.63. The smallest absolute Gasteiger partial charge is 0.345 e. The highest BCUT2D eigenvalue weighted by atomic mass is 16.5. The van der Waals surface area contributed by atoms with Crippen molar-refractivity contribution in [2.24, 2.45) is 0 Å². The van der Waals surface area contributed by atoms with E-state index >= 15 is 0 Å². The Hall–Kier alpha value is -3.61. The number of hydrogen-bond acceptors (Lipinski definition) is 4. The van der Waals surface area contributed by atoms with Crippen molar-refractivity contribution in [1.82, 2.24) is 14.9 Å². The number of nitrogens with one attached hydrogen (secondary N) is 2. The number of benzene rings is 1. The highest BCUT2D eigenvalue weighted by Crippen LogP contribution is 2.23. The van der Waals surface area contributed by atoms with Crippen LogP contribution in [0.2, 0.25) is 0 Å². The third-order valence-corrected chi connectivity index (χ3v) is 4.39. The van der Waals surface area contributed by atoms with Gasteiger partial charge < -0.3 is 19.9 Å². The predicted molar refractivity (Wildman–Crippen MR) is 112 cm³/mol. The number of hydrogen-bond donors (Lipinski definition) is 2. The van der Waals surface area contributed by atoms with Gasteiger partial charge >= 0.3 is 12.0 Å². The van der Waals surface area contributed by atoms with E-state index in [0.717, 1.165) is 23.5 Å². The Labute approximate surface area is 169 Å². The molecule has 0 saturated carbocycles. The minimum absolute atomic E-state index is 0.296. The van der Waals surface area contributed by atoms with E-state index in [9.17, 15) is 9.59 Å². The topological polar surface area (TPSA) is 85.3 Å². The van der Waals surface area contributed by atoms with Crippen LogP contribution in [0.1, 0.15) is 35.1 Å². The van der Waals surface area contributed by atoms with Crippen molar-refractivity contribution in [3.8, 4) is 11.4 Å². The van der Waals surface area contributed by atoms with E-state index in [1.165, 1.54) is 0 Å². The maximum Gasteiger partial charge on any atom is 0.345 e. The number of aromatic nitrogens is 2. The molecule has 0 aliphatic rings. The van der Waals surface area contributed by atoms with Crippen LogP contribution in [0.5, 0.6) is 5.75 Å². The summed E-state index contributed by atoms with van der Waals surface area (Å²) in [5.74, 6) is -0.102. The van der Waals surface area contributed by atoms with Crippen molar-refractivity contribution < 1.29 is 14.3 Å². The van der Waals surface area contributed by atoms with Crippen LogP contribution in [0.3, 0.4) is 0 Å². The van der Waals surface area contributed by atoms with Crippen LogP contribution in [0.4, 0.5) is 10.5 Å². The average Bonchev–Trinajstić information content (AvgIpc) is 3.01. The minimum Gasteiger partial charge on any atom is -0.423 e. The highest BCUT2D eigenvalue weighted by Gasteiger charge is 2.19. The molecule has 0 aliphatic carbocycles. The highest BCUT2D eigenvalue weighted by molar-refractivity contribution is 5.93. The first-order chi connectivity index (χ1) is 14.0. The van der Waals surface area contributed by atoms with E-state index in [-0.39, 0.29) is 6.03 Å². The van der Waals surface area contributed by atoms with E-state index < -0.39 is 5.97 Å². The minimum atomic E-state index is -0.458. The fourth-order valence-corrected chi connectivity index (χ4v) is 3.07. The molecule has 0 atom stereocenters. The monoisotopic (exact) mass is 392 g/mol. The van der Waals surface area contributed by atoms with Crippen LogP contribution in [0, 0.1) is 13.8 Å². The Morgan fingerprint density at radius 1 is 1.14 bits per heavy atom. The fourth-order valence-electron chi connectivity index (χ4n) is 3.07. The zero-order valence-electron chi connectivity index (χ0n) is 16.7. The fraction of sp³-hybridized carbons (Fsp3) is 0.227. The van der Waals surface area contributed by atoms with Gasteiger partial charge in [0.25, 0.3) is 0 Å². The lowest BCUT2D eigenvalue weighted by Gasteiger charge is -2.10. The Morgan fingerprint density at radius 3 is 2.69 bits per heavy atom. The van der Waals surface area contributed by atoms with Crippen molar-refractivity contribution in [2.75, 3.05) is 11.9 Å². The van der Waals surface area contributed by atoms with E-state index in [4.69, 9.17) is 4.74 Å². The number of urea groups is 1. The van der Waals surface area contributed by atoms with Crippen molar-refractivity contribution in [3.63, 3.8) is 0 Å². The lowest BCUT2D eigenvalue weighted by molar-refractivity contribution is 0.0734. The third-order valence-electron chi connectivity index (χ3n) is 4.39. The maximum atomic E-state index is 12.8. The van der Waals surface area contributed by atoms with E-state index in [1.807, 2.05) is 37.5 Å². The Morgan fingerprint density at radius 2 is 1.97 bits per heavy atom. The molecule has 0 fully saturated rings. The van der Waals surface area contributed by atoms with Gasteiger partial charge in [-0.1, -0.05) is 13.0 Å². The van der Waals surface area contributed by atoms with Gasteiger partial charge in [0, 0.05) is 35.9 Å². The number of anilines is 1. The first-order valence-electron chi connectivity index (χ1n) is 9.46. The number of amides is 2. The molecule has 7 nitrogen and oxygen atoms in total. The van der Waals surface area contributed by atoms with E-state index in [2.05, 4.69) is 15.6 Å². The molecule has 1 aromatic carbocycles. The first kappa shape index (κ1) is 20.1. The molecule has 0 aliphatic heterocycles. The largest absolute Gasteiger partial charge is 0.423 e. The van der Waals surface area contributed by atoms with Gasteiger partial charge in [-0.25, -0.2) is 9.59 Å². The molecule has 0 unspecified atom stereocenters. The SMILES string of the molecule is CCCNC(=O)Nc1cccc(OC(=O)c2cc(C)n(-c3cccnc3)c2C)c1. The molecule has 0 bridgehead atoms. The van der Waals surface area contributed by atoms with Crippen LogP contribution in [0.25, 0.3) is 5.69 Å². The lowest BCUT2D eigenvalue weighted by Crippen LogP contribution is -2.29. The van der Waals surface area contributed by atoms with Gasteiger partial charge in [0.1, 0.15) is 5.75 Å². The van der Waals surface area contributed by atoms with Crippen molar-refractivity contribution in [1.29, 1.82) is 0 Å². The number of aryl methyl sites for hydroxylation is 1. The molecule has 150 valence electrons. The van der Waals surface area contributed by atoms with Crippen LogP contribution < -0.4 is 15.4 Å². The molecular weight excluding hydrogens is 368 g/mol. The maximum absolute atomic E-state index is 12.8. The van der Waals surface area contributed by atoms with E-state index in [0.29, 0.717) is 23.5 Å². The molecule has 3 rings (SSSR count). The summed E-state index contributed by atoms with van der Waals surface area (Å²) in [7, 11) is 0. The molecule has 3 aromatic rings. The normalized spacial score (nSPS) is 10.4. The molecule has 0 spiro atoms. The molecular formula is C22H24N4O3. The summed E-state index contributed by atoms with van der Waals surface area (Å²) in [4.78, 5) is 28.7. The van der Waals surface area contributed by atoms with E-state index in [1.54, 1.807) is 42.7 Å². The molecule has 2 N–H and O–H groups in total. The standard InChI is InChI=1S/C22H24N4O3/c1-4-10-24-22(28)25-17-7-5-9-19(13-17)29-21(27)20-12-15(2)26(16(20)3)18-8-6-11-23-14-18/h5-9,11-14H,4,10H2,1-3H3,(H2,24,25,28).